The van der Waals surface area contributed by atoms with Crippen LogP contribution in [0, 0.1) is 13.8 Å². The molecule has 0 radical (unpaired) electrons. The molecule has 2 heterocycles. The van der Waals surface area contributed by atoms with Gasteiger partial charge in [-0.25, -0.2) is 4.79 Å². The Morgan fingerprint density at radius 1 is 1.00 bits per heavy atom. The second-order valence-corrected chi connectivity index (χ2v) is 6.29. The van der Waals surface area contributed by atoms with Crippen molar-refractivity contribution in [3.63, 3.8) is 0 Å². The summed E-state index contributed by atoms with van der Waals surface area (Å²) in [5.74, 6) is -0.267. The monoisotopic (exact) mass is 332 g/mol. The van der Waals surface area contributed by atoms with Crippen LogP contribution in [-0.2, 0) is 11.3 Å². The van der Waals surface area contributed by atoms with E-state index in [-0.39, 0.29) is 5.97 Å². The standard InChI is InChI=1S/C21H20N2O2/c1-14-13-22-15(2)20(14)21(24)25-12-11-23-18-9-5-3-7-16(18)17-8-4-6-10-19(17)23/h3-10,13,22H,11-12H2,1-2H3. The van der Waals surface area contributed by atoms with Crippen molar-refractivity contribution in [3.8, 4) is 0 Å². The molecular formula is C21H20N2O2. The Hall–Kier alpha value is -3.01. The second kappa shape index (κ2) is 6.13. The minimum Gasteiger partial charge on any atom is -0.460 e. The van der Waals surface area contributed by atoms with Gasteiger partial charge in [0.15, 0.2) is 0 Å². The third-order valence-corrected chi connectivity index (χ3v) is 4.71. The molecule has 0 unspecified atom stereocenters. The van der Waals surface area contributed by atoms with E-state index in [1.807, 2.05) is 32.2 Å². The molecule has 1 N–H and O–H groups in total. The van der Waals surface area contributed by atoms with E-state index in [2.05, 4.69) is 45.9 Å². The number of nitrogens with one attached hydrogen (secondary N) is 1. The molecule has 0 saturated heterocycles. The number of carbonyl (C=O) groups is 1. The maximum absolute atomic E-state index is 12.4. The van der Waals surface area contributed by atoms with Crippen molar-refractivity contribution in [1.29, 1.82) is 0 Å². The first-order valence-corrected chi connectivity index (χ1v) is 8.44. The lowest BCUT2D eigenvalue weighted by atomic mass is 10.2. The normalized spacial score (nSPS) is 11.3. The Morgan fingerprint density at radius 3 is 2.16 bits per heavy atom. The second-order valence-electron chi connectivity index (χ2n) is 6.29. The van der Waals surface area contributed by atoms with Gasteiger partial charge in [-0.2, -0.15) is 0 Å². The number of benzene rings is 2. The van der Waals surface area contributed by atoms with Gasteiger partial charge in [-0.05, 0) is 31.5 Å². The summed E-state index contributed by atoms with van der Waals surface area (Å²) in [5, 5.41) is 2.45. The van der Waals surface area contributed by atoms with Crippen LogP contribution in [0.4, 0.5) is 0 Å². The molecule has 0 aliphatic carbocycles. The molecule has 4 heteroatoms. The molecule has 4 aromatic rings. The summed E-state index contributed by atoms with van der Waals surface area (Å²) in [5.41, 5.74) is 4.73. The van der Waals surface area contributed by atoms with Crippen LogP contribution in [0.15, 0.2) is 54.7 Å². The summed E-state index contributed by atoms with van der Waals surface area (Å²) in [6.45, 7) is 4.76. The zero-order valence-corrected chi connectivity index (χ0v) is 14.4. The van der Waals surface area contributed by atoms with Gasteiger partial charge in [-0.15, -0.1) is 0 Å². The molecule has 4 rings (SSSR count). The van der Waals surface area contributed by atoms with Crippen LogP contribution >= 0.6 is 0 Å². The zero-order valence-electron chi connectivity index (χ0n) is 14.4. The highest BCUT2D eigenvalue weighted by Crippen LogP contribution is 2.28. The molecule has 0 aliphatic rings. The number of para-hydroxylation sites is 2. The first kappa shape index (κ1) is 15.5. The molecule has 25 heavy (non-hydrogen) atoms. The van der Waals surface area contributed by atoms with E-state index in [1.165, 1.54) is 10.8 Å². The number of hydrogen-bond donors (Lipinski definition) is 1. The first-order valence-electron chi connectivity index (χ1n) is 8.44. The van der Waals surface area contributed by atoms with E-state index >= 15 is 0 Å². The Morgan fingerprint density at radius 2 is 1.60 bits per heavy atom. The van der Waals surface area contributed by atoms with Crippen molar-refractivity contribution in [3.05, 3.63) is 71.5 Å². The summed E-state index contributed by atoms with van der Waals surface area (Å²) in [6.07, 6.45) is 1.83. The maximum atomic E-state index is 12.4. The third kappa shape index (κ3) is 2.60. The molecule has 0 aliphatic heterocycles. The minimum atomic E-state index is -0.267. The van der Waals surface area contributed by atoms with Crippen molar-refractivity contribution in [2.45, 2.75) is 20.4 Å². The quantitative estimate of drug-likeness (QED) is 0.555. The van der Waals surface area contributed by atoms with Crippen LogP contribution in [0.3, 0.4) is 0 Å². The number of aromatic amines is 1. The smallest absolute Gasteiger partial charge is 0.340 e. The van der Waals surface area contributed by atoms with Crippen LogP contribution < -0.4 is 0 Å². The molecule has 126 valence electrons. The van der Waals surface area contributed by atoms with Gasteiger partial charge in [-0.3, -0.25) is 0 Å². The lowest BCUT2D eigenvalue weighted by molar-refractivity contribution is 0.0492. The zero-order chi connectivity index (χ0) is 17.4. The SMILES string of the molecule is Cc1c[nH]c(C)c1C(=O)OCCn1c2ccccc2c2ccccc21. The number of rotatable bonds is 4. The van der Waals surface area contributed by atoms with Gasteiger partial charge >= 0.3 is 5.97 Å². The lowest BCUT2D eigenvalue weighted by Gasteiger charge is -2.09. The van der Waals surface area contributed by atoms with E-state index in [0.29, 0.717) is 18.7 Å². The largest absolute Gasteiger partial charge is 0.460 e. The summed E-state index contributed by atoms with van der Waals surface area (Å²) in [7, 11) is 0. The van der Waals surface area contributed by atoms with Crippen LogP contribution in [-0.4, -0.2) is 22.1 Å². The number of ether oxygens (including phenoxy) is 1. The van der Waals surface area contributed by atoms with Gasteiger partial charge in [-0.1, -0.05) is 36.4 Å². The van der Waals surface area contributed by atoms with Crippen molar-refractivity contribution in [2.75, 3.05) is 6.61 Å². The van der Waals surface area contributed by atoms with Crippen LogP contribution in [0.2, 0.25) is 0 Å². The summed E-state index contributed by atoms with van der Waals surface area (Å²) in [4.78, 5) is 15.4. The first-order chi connectivity index (χ1) is 12.2. The molecule has 2 aromatic carbocycles. The van der Waals surface area contributed by atoms with Crippen LogP contribution in [0.1, 0.15) is 21.6 Å². The highest BCUT2D eigenvalue weighted by Gasteiger charge is 2.16. The number of esters is 1. The van der Waals surface area contributed by atoms with Crippen LogP contribution in [0.25, 0.3) is 21.8 Å². The van der Waals surface area contributed by atoms with Gasteiger partial charge < -0.3 is 14.3 Å². The molecule has 4 nitrogen and oxygen atoms in total. The molecule has 0 fully saturated rings. The summed E-state index contributed by atoms with van der Waals surface area (Å²) >= 11 is 0. The van der Waals surface area contributed by atoms with Crippen molar-refractivity contribution in [2.24, 2.45) is 0 Å². The van der Waals surface area contributed by atoms with Gasteiger partial charge in [0.25, 0.3) is 0 Å². The fraction of sp³-hybridized carbons (Fsp3) is 0.190. The predicted molar refractivity (Wildman–Crippen MR) is 100.0 cm³/mol. The number of carbonyl (C=O) groups excluding carboxylic acids is 1. The average Bonchev–Trinajstić information content (AvgIpc) is 3.13. The summed E-state index contributed by atoms with van der Waals surface area (Å²) in [6, 6.07) is 16.7. The Labute approximate surface area is 146 Å². The fourth-order valence-corrected chi connectivity index (χ4v) is 3.52. The number of fused-ring (bicyclic) bond motifs is 3. The van der Waals surface area contributed by atoms with Crippen molar-refractivity contribution < 1.29 is 9.53 Å². The molecule has 0 amide bonds. The topological polar surface area (TPSA) is 47.0 Å². The number of H-pyrrole nitrogens is 1. The maximum Gasteiger partial charge on any atom is 0.340 e. The van der Waals surface area contributed by atoms with E-state index < -0.39 is 0 Å². The number of nitrogens with zero attached hydrogens (tertiary/aromatic N) is 1. The molecule has 0 bridgehead atoms. The van der Waals surface area contributed by atoms with E-state index in [1.54, 1.807) is 0 Å². The van der Waals surface area contributed by atoms with E-state index in [9.17, 15) is 4.79 Å². The number of hydrogen-bond acceptors (Lipinski definition) is 2. The third-order valence-electron chi connectivity index (χ3n) is 4.71. The molecule has 0 atom stereocenters. The van der Waals surface area contributed by atoms with E-state index in [4.69, 9.17) is 4.74 Å². The Balaban J connectivity index is 1.60. The minimum absolute atomic E-state index is 0.267. The number of aromatic nitrogens is 2. The van der Waals surface area contributed by atoms with Gasteiger partial charge in [0, 0.05) is 33.7 Å². The molecule has 0 spiro atoms. The molecule has 0 saturated carbocycles. The Kier molecular flexibility index (Phi) is 3.80. The molecular weight excluding hydrogens is 312 g/mol. The summed E-state index contributed by atoms with van der Waals surface area (Å²) < 4.78 is 7.76. The van der Waals surface area contributed by atoms with Crippen molar-refractivity contribution >= 4 is 27.8 Å². The highest BCUT2D eigenvalue weighted by atomic mass is 16.5. The number of aryl methyl sites for hydroxylation is 2. The highest BCUT2D eigenvalue weighted by molar-refractivity contribution is 6.07. The van der Waals surface area contributed by atoms with Crippen molar-refractivity contribution in [1.82, 2.24) is 9.55 Å². The molecule has 2 aromatic heterocycles. The van der Waals surface area contributed by atoms with Gasteiger partial charge in [0.05, 0.1) is 12.1 Å². The van der Waals surface area contributed by atoms with Crippen LogP contribution in [0.5, 0.6) is 0 Å². The van der Waals surface area contributed by atoms with E-state index in [0.717, 1.165) is 22.3 Å². The fourth-order valence-electron chi connectivity index (χ4n) is 3.52. The predicted octanol–water partition coefficient (Wildman–Crippen LogP) is 4.60. The Bertz CT molecular complexity index is 999. The average molecular weight is 332 g/mol. The van der Waals surface area contributed by atoms with Gasteiger partial charge in [0.2, 0.25) is 0 Å². The lowest BCUT2D eigenvalue weighted by Crippen LogP contribution is -2.12. The van der Waals surface area contributed by atoms with Gasteiger partial charge in [0.1, 0.15) is 6.61 Å².